The lowest BCUT2D eigenvalue weighted by atomic mass is 10.0. The maximum atomic E-state index is 12.1. The normalized spacial score (nSPS) is 25.1. The van der Waals surface area contributed by atoms with Gasteiger partial charge in [-0.05, 0) is 41.9 Å². The first-order valence-corrected chi connectivity index (χ1v) is 7.54. The average molecular weight is 320 g/mol. The first-order valence-electron chi connectivity index (χ1n) is 5.27. The molecule has 0 spiro atoms. The molecular weight excluding hydrogens is 306 g/mol. The molecule has 2 heterocycles. The third-order valence-corrected chi connectivity index (χ3v) is 4.78. The van der Waals surface area contributed by atoms with Crippen LogP contribution in [-0.4, -0.2) is 32.0 Å². The maximum absolute atomic E-state index is 12.1. The van der Waals surface area contributed by atoms with Crippen molar-refractivity contribution in [3.05, 3.63) is 22.9 Å². The van der Waals surface area contributed by atoms with Crippen LogP contribution >= 0.6 is 15.9 Å². The number of rotatable bonds is 3. The van der Waals surface area contributed by atoms with Gasteiger partial charge < -0.3 is 5.32 Å². The Morgan fingerprint density at radius 2 is 2.29 bits per heavy atom. The highest BCUT2D eigenvalue weighted by molar-refractivity contribution is 9.10. The summed E-state index contributed by atoms with van der Waals surface area (Å²) in [6.45, 7) is 3.37. The summed E-state index contributed by atoms with van der Waals surface area (Å²) in [7, 11) is -3.51. The minimum Gasteiger partial charge on any atom is -0.315 e. The Kier molecular flexibility index (Phi) is 3.53. The lowest BCUT2D eigenvalue weighted by Crippen LogP contribution is -2.47. The molecule has 0 aromatic carbocycles. The summed E-state index contributed by atoms with van der Waals surface area (Å²) in [6, 6.07) is 1.54. The molecule has 1 aliphatic heterocycles. The van der Waals surface area contributed by atoms with Gasteiger partial charge in [0.05, 0.1) is 0 Å². The van der Waals surface area contributed by atoms with Crippen LogP contribution < -0.4 is 10.0 Å². The monoisotopic (exact) mass is 319 g/mol. The molecule has 2 rings (SSSR count). The molecule has 1 fully saturated rings. The van der Waals surface area contributed by atoms with Crippen molar-refractivity contribution >= 4 is 26.0 Å². The zero-order valence-electron chi connectivity index (χ0n) is 9.40. The van der Waals surface area contributed by atoms with E-state index in [9.17, 15) is 8.42 Å². The Hall–Kier alpha value is -0.500. The van der Waals surface area contributed by atoms with Gasteiger partial charge in [-0.25, -0.2) is 13.1 Å². The number of nitrogens with one attached hydrogen (secondary N) is 2. The number of halogens is 1. The third-order valence-electron chi connectivity index (χ3n) is 2.74. The summed E-state index contributed by atoms with van der Waals surface area (Å²) in [4.78, 5) is 4.05. The third kappa shape index (κ3) is 3.04. The molecule has 1 aliphatic rings. The molecule has 5 nitrogen and oxygen atoms in total. The van der Waals surface area contributed by atoms with Gasteiger partial charge in [0.25, 0.3) is 0 Å². The van der Waals surface area contributed by atoms with E-state index in [1.807, 2.05) is 6.92 Å². The second-order valence-electron chi connectivity index (χ2n) is 4.43. The van der Waals surface area contributed by atoms with Crippen molar-refractivity contribution in [1.82, 2.24) is 15.0 Å². The van der Waals surface area contributed by atoms with Crippen molar-refractivity contribution < 1.29 is 8.42 Å². The molecule has 0 saturated carbocycles. The van der Waals surface area contributed by atoms with Crippen molar-refractivity contribution in [3.8, 4) is 0 Å². The highest BCUT2D eigenvalue weighted by Crippen LogP contribution is 2.19. The van der Waals surface area contributed by atoms with Gasteiger partial charge in [0.15, 0.2) is 0 Å². The molecule has 0 amide bonds. The smallest absolute Gasteiger partial charge is 0.242 e. The topological polar surface area (TPSA) is 71.1 Å². The predicted octanol–water partition coefficient (Wildman–Crippen LogP) is 0.874. The van der Waals surface area contributed by atoms with Gasteiger partial charge in [-0.2, -0.15) is 0 Å². The van der Waals surface area contributed by atoms with E-state index in [0.29, 0.717) is 11.0 Å². The van der Waals surface area contributed by atoms with Crippen LogP contribution in [0.25, 0.3) is 0 Å². The van der Waals surface area contributed by atoms with E-state index in [2.05, 4.69) is 31.0 Å². The first-order chi connectivity index (χ1) is 7.91. The summed E-state index contributed by atoms with van der Waals surface area (Å²) in [5.41, 5.74) is -0.416. The number of nitrogens with zero attached hydrogens (tertiary/aromatic N) is 1. The van der Waals surface area contributed by atoms with Crippen LogP contribution in [0.1, 0.15) is 13.3 Å². The Balaban J connectivity index is 2.25. The Labute approximate surface area is 109 Å². The van der Waals surface area contributed by atoms with E-state index in [0.717, 1.165) is 13.0 Å². The fourth-order valence-corrected chi connectivity index (χ4v) is 3.77. The van der Waals surface area contributed by atoms with E-state index in [1.165, 1.54) is 6.20 Å². The molecule has 1 aromatic rings. The van der Waals surface area contributed by atoms with E-state index in [-0.39, 0.29) is 4.90 Å². The minimum absolute atomic E-state index is 0.181. The lowest BCUT2D eigenvalue weighted by Gasteiger charge is -2.23. The molecule has 7 heteroatoms. The van der Waals surface area contributed by atoms with Crippen LogP contribution in [-0.2, 0) is 10.0 Å². The summed E-state index contributed by atoms with van der Waals surface area (Å²) in [5, 5.41) is 3.15. The molecule has 1 saturated heterocycles. The predicted molar refractivity (Wildman–Crippen MR) is 68.2 cm³/mol. The molecule has 1 atom stereocenters. The highest BCUT2D eigenvalue weighted by atomic mass is 79.9. The average Bonchev–Trinajstić information content (AvgIpc) is 2.64. The lowest BCUT2D eigenvalue weighted by molar-refractivity contribution is 0.452. The van der Waals surface area contributed by atoms with Crippen LogP contribution in [0.4, 0.5) is 0 Å². The van der Waals surface area contributed by atoms with Crippen LogP contribution in [0.3, 0.4) is 0 Å². The van der Waals surface area contributed by atoms with E-state index in [4.69, 9.17) is 0 Å². The van der Waals surface area contributed by atoms with Crippen LogP contribution in [0, 0.1) is 0 Å². The van der Waals surface area contributed by atoms with Gasteiger partial charge in [0.1, 0.15) is 4.90 Å². The quantitative estimate of drug-likeness (QED) is 0.867. The van der Waals surface area contributed by atoms with E-state index < -0.39 is 15.6 Å². The Morgan fingerprint density at radius 3 is 2.88 bits per heavy atom. The Bertz CT molecular complexity index is 512. The van der Waals surface area contributed by atoms with Crippen molar-refractivity contribution in [2.24, 2.45) is 0 Å². The van der Waals surface area contributed by atoms with Crippen molar-refractivity contribution in [1.29, 1.82) is 0 Å². The molecule has 0 aliphatic carbocycles. The number of pyridine rings is 1. The number of hydrogen-bond acceptors (Lipinski definition) is 4. The van der Waals surface area contributed by atoms with Crippen molar-refractivity contribution in [3.63, 3.8) is 0 Å². The summed E-state index contributed by atoms with van der Waals surface area (Å²) >= 11 is 3.21. The molecule has 0 radical (unpaired) electrons. The molecule has 94 valence electrons. The number of aromatic nitrogens is 1. The number of hydrogen-bond donors (Lipinski definition) is 2. The van der Waals surface area contributed by atoms with Gasteiger partial charge in [-0.1, -0.05) is 0 Å². The van der Waals surface area contributed by atoms with Gasteiger partial charge in [-0.15, -0.1) is 0 Å². The highest BCUT2D eigenvalue weighted by Gasteiger charge is 2.33. The second kappa shape index (κ2) is 4.64. The summed E-state index contributed by atoms with van der Waals surface area (Å²) < 4.78 is 27.7. The molecule has 1 unspecified atom stereocenters. The van der Waals surface area contributed by atoms with E-state index >= 15 is 0 Å². The van der Waals surface area contributed by atoms with Crippen molar-refractivity contribution in [2.75, 3.05) is 13.1 Å². The van der Waals surface area contributed by atoms with Gasteiger partial charge >= 0.3 is 0 Å². The van der Waals surface area contributed by atoms with Crippen LogP contribution in [0.15, 0.2) is 27.8 Å². The van der Waals surface area contributed by atoms with Gasteiger partial charge in [-0.3, -0.25) is 4.98 Å². The van der Waals surface area contributed by atoms with Crippen molar-refractivity contribution in [2.45, 2.75) is 23.8 Å². The SMILES string of the molecule is CC1(NS(=O)(=O)c2cncc(Br)c2)CCNC1. The van der Waals surface area contributed by atoms with Gasteiger partial charge in [0.2, 0.25) is 10.0 Å². The summed E-state index contributed by atoms with van der Waals surface area (Å²) in [6.07, 6.45) is 3.68. The maximum Gasteiger partial charge on any atom is 0.242 e. The molecule has 0 bridgehead atoms. The molecule has 2 N–H and O–H groups in total. The minimum atomic E-state index is -3.51. The largest absolute Gasteiger partial charge is 0.315 e. The fraction of sp³-hybridized carbons (Fsp3) is 0.500. The number of sulfonamides is 1. The zero-order valence-corrected chi connectivity index (χ0v) is 11.8. The Morgan fingerprint density at radius 1 is 1.53 bits per heavy atom. The van der Waals surface area contributed by atoms with E-state index in [1.54, 1.807) is 12.3 Å². The van der Waals surface area contributed by atoms with Gasteiger partial charge in [0, 0.05) is 29.0 Å². The molecule has 1 aromatic heterocycles. The standard InChI is InChI=1S/C10H14BrN3O2S/c1-10(2-3-12-7-10)14-17(15,16)9-4-8(11)5-13-6-9/h4-6,12,14H,2-3,7H2,1H3. The molecular formula is C10H14BrN3O2S. The fourth-order valence-electron chi connectivity index (χ4n) is 1.83. The summed E-state index contributed by atoms with van der Waals surface area (Å²) in [5.74, 6) is 0. The zero-order chi connectivity index (χ0) is 12.5. The van der Waals surface area contributed by atoms with Crippen LogP contribution in [0.5, 0.6) is 0 Å². The molecule has 17 heavy (non-hydrogen) atoms. The second-order valence-corrected chi connectivity index (χ2v) is 7.03. The van der Waals surface area contributed by atoms with Crippen LogP contribution in [0.2, 0.25) is 0 Å². The first kappa shape index (κ1) is 12.9.